The molecule has 1 amide bonds. The zero-order valence-corrected chi connectivity index (χ0v) is 18.7. The van der Waals surface area contributed by atoms with E-state index in [1.807, 2.05) is 30.3 Å². The van der Waals surface area contributed by atoms with Crippen LogP contribution in [0.15, 0.2) is 48.5 Å². The van der Waals surface area contributed by atoms with Gasteiger partial charge in [-0.25, -0.2) is 0 Å². The van der Waals surface area contributed by atoms with Gasteiger partial charge in [0.1, 0.15) is 12.2 Å². The molecule has 2 aromatic carbocycles. The summed E-state index contributed by atoms with van der Waals surface area (Å²) in [5, 5.41) is 19.8. The van der Waals surface area contributed by atoms with E-state index in [1.54, 1.807) is 23.1 Å². The molecule has 0 fully saturated rings. The number of anilines is 1. The number of hydrogen-bond donors (Lipinski definition) is 2. The SMILES string of the molecule is COc1cc(N2Cc3cc(-c4ccc(Cl)cc4)sc3C2=O)ccc1OCC(C)(O)CO. The molecule has 1 aliphatic heterocycles. The summed E-state index contributed by atoms with van der Waals surface area (Å²) >= 11 is 7.44. The molecule has 0 saturated carbocycles. The number of methoxy groups -OCH3 is 1. The van der Waals surface area contributed by atoms with Gasteiger partial charge in [-0.15, -0.1) is 11.3 Å². The average molecular weight is 460 g/mol. The molecule has 1 aliphatic rings. The van der Waals surface area contributed by atoms with Crippen LogP contribution in [-0.4, -0.2) is 42.0 Å². The van der Waals surface area contributed by atoms with E-state index in [9.17, 15) is 15.0 Å². The fourth-order valence-electron chi connectivity index (χ4n) is 3.28. The molecule has 0 radical (unpaired) electrons. The van der Waals surface area contributed by atoms with Crippen molar-refractivity contribution in [2.24, 2.45) is 0 Å². The second-order valence-corrected chi connectivity index (χ2v) is 9.13. The summed E-state index contributed by atoms with van der Waals surface area (Å²) in [6.45, 7) is 1.44. The first-order chi connectivity index (χ1) is 14.8. The van der Waals surface area contributed by atoms with Crippen LogP contribution >= 0.6 is 22.9 Å². The van der Waals surface area contributed by atoms with Crippen LogP contribution in [0.1, 0.15) is 22.2 Å². The first-order valence-corrected chi connectivity index (χ1v) is 10.9. The van der Waals surface area contributed by atoms with Crippen LogP contribution in [0.3, 0.4) is 0 Å². The number of rotatable bonds is 7. The number of aliphatic hydroxyl groups is 2. The Morgan fingerprint density at radius 2 is 1.90 bits per heavy atom. The van der Waals surface area contributed by atoms with E-state index in [1.165, 1.54) is 25.4 Å². The Morgan fingerprint density at radius 3 is 2.55 bits per heavy atom. The highest BCUT2D eigenvalue weighted by Gasteiger charge is 2.32. The number of fused-ring (bicyclic) bond motifs is 1. The molecule has 1 unspecified atom stereocenters. The fraction of sp³-hybridized carbons (Fsp3) is 0.261. The van der Waals surface area contributed by atoms with Crippen LogP contribution in [0.4, 0.5) is 5.69 Å². The van der Waals surface area contributed by atoms with E-state index in [4.69, 9.17) is 21.1 Å². The Balaban J connectivity index is 1.53. The summed E-state index contributed by atoms with van der Waals surface area (Å²) in [5.74, 6) is 0.807. The third-order valence-electron chi connectivity index (χ3n) is 5.04. The minimum atomic E-state index is -1.36. The molecule has 0 spiro atoms. The lowest BCUT2D eigenvalue weighted by Gasteiger charge is -2.22. The second kappa shape index (κ2) is 8.51. The van der Waals surface area contributed by atoms with E-state index < -0.39 is 12.2 Å². The highest BCUT2D eigenvalue weighted by Crippen LogP contribution is 2.40. The van der Waals surface area contributed by atoms with Crippen molar-refractivity contribution in [2.75, 3.05) is 25.2 Å². The molecular weight excluding hydrogens is 438 g/mol. The number of halogens is 1. The smallest absolute Gasteiger partial charge is 0.269 e. The molecule has 8 heteroatoms. The van der Waals surface area contributed by atoms with Crippen LogP contribution in [-0.2, 0) is 6.54 Å². The summed E-state index contributed by atoms with van der Waals surface area (Å²) in [6.07, 6.45) is 0. The van der Waals surface area contributed by atoms with Crippen LogP contribution in [0.5, 0.6) is 11.5 Å². The predicted molar refractivity (Wildman–Crippen MR) is 121 cm³/mol. The first kappa shape index (κ1) is 21.6. The van der Waals surface area contributed by atoms with Gasteiger partial charge in [0, 0.05) is 21.7 Å². The number of aliphatic hydroxyl groups excluding tert-OH is 1. The topological polar surface area (TPSA) is 79.2 Å². The third-order valence-corrected chi connectivity index (χ3v) is 6.51. The average Bonchev–Trinajstić information content (AvgIpc) is 3.32. The number of carbonyl (C=O) groups is 1. The normalized spacial score (nSPS) is 15.0. The fourth-order valence-corrected chi connectivity index (χ4v) is 4.53. The molecule has 2 heterocycles. The van der Waals surface area contributed by atoms with Gasteiger partial charge in [0.15, 0.2) is 11.5 Å². The minimum absolute atomic E-state index is 0.0563. The molecule has 0 bridgehead atoms. The van der Waals surface area contributed by atoms with Gasteiger partial charge in [0.25, 0.3) is 5.91 Å². The van der Waals surface area contributed by atoms with Gasteiger partial charge >= 0.3 is 0 Å². The van der Waals surface area contributed by atoms with E-state index in [2.05, 4.69) is 0 Å². The van der Waals surface area contributed by atoms with E-state index in [0.29, 0.717) is 28.8 Å². The van der Waals surface area contributed by atoms with Gasteiger partial charge in [-0.3, -0.25) is 4.79 Å². The summed E-state index contributed by atoms with van der Waals surface area (Å²) in [6, 6.07) is 14.8. The number of benzene rings is 2. The zero-order valence-electron chi connectivity index (χ0n) is 17.1. The van der Waals surface area contributed by atoms with Gasteiger partial charge in [-0.1, -0.05) is 23.7 Å². The summed E-state index contributed by atoms with van der Waals surface area (Å²) in [5.41, 5.74) is 1.35. The second-order valence-electron chi connectivity index (χ2n) is 7.64. The van der Waals surface area contributed by atoms with Gasteiger partial charge in [0.05, 0.1) is 25.1 Å². The van der Waals surface area contributed by atoms with Crippen molar-refractivity contribution in [2.45, 2.75) is 19.1 Å². The Labute approximate surface area is 189 Å². The van der Waals surface area contributed by atoms with E-state index >= 15 is 0 Å². The van der Waals surface area contributed by atoms with Crippen molar-refractivity contribution in [3.8, 4) is 21.9 Å². The van der Waals surface area contributed by atoms with Gasteiger partial charge in [-0.2, -0.15) is 0 Å². The van der Waals surface area contributed by atoms with Gasteiger partial charge in [0.2, 0.25) is 0 Å². The molecule has 162 valence electrons. The molecular formula is C23H22ClNO5S. The molecule has 1 aromatic heterocycles. The molecule has 6 nitrogen and oxygen atoms in total. The van der Waals surface area contributed by atoms with Crippen LogP contribution in [0.25, 0.3) is 10.4 Å². The zero-order chi connectivity index (χ0) is 22.2. The van der Waals surface area contributed by atoms with Gasteiger partial charge < -0.3 is 24.6 Å². The lowest BCUT2D eigenvalue weighted by atomic mass is 10.1. The predicted octanol–water partition coefficient (Wildman–Crippen LogP) is 4.36. The first-order valence-electron chi connectivity index (χ1n) is 9.66. The Morgan fingerprint density at radius 1 is 1.16 bits per heavy atom. The van der Waals surface area contributed by atoms with E-state index in [-0.39, 0.29) is 12.5 Å². The van der Waals surface area contributed by atoms with Crippen molar-refractivity contribution < 1.29 is 24.5 Å². The highest BCUT2D eigenvalue weighted by atomic mass is 35.5. The summed E-state index contributed by atoms with van der Waals surface area (Å²) < 4.78 is 11.0. The minimum Gasteiger partial charge on any atom is -0.493 e. The Kier molecular flexibility index (Phi) is 5.94. The van der Waals surface area contributed by atoms with Crippen molar-refractivity contribution in [1.82, 2.24) is 0 Å². The van der Waals surface area contributed by atoms with Crippen molar-refractivity contribution in [1.29, 1.82) is 0 Å². The van der Waals surface area contributed by atoms with Crippen LogP contribution in [0.2, 0.25) is 5.02 Å². The largest absolute Gasteiger partial charge is 0.493 e. The summed E-state index contributed by atoms with van der Waals surface area (Å²) in [7, 11) is 1.51. The lowest BCUT2D eigenvalue weighted by molar-refractivity contribution is -0.0329. The molecule has 0 aliphatic carbocycles. The van der Waals surface area contributed by atoms with E-state index in [0.717, 1.165) is 20.9 Å². The molecule has 1 atom stereocenters. The number of ether oxygens (including phenoxy) is 2. The molecule has 31 heavy (non-hydrogen) atoms. The van der Waals surface area contributed by atoms with Crippen LogP contribution in [0, 0.1) is 0 Å². The van der Waals surface area contributed by atoms with Crippen molar-refractivity contribution in [3.63, 3.8) is 0 Å². The molecule has 0 saturated heterocycles. The molecule has 4 rings (SSSR count). The van der Waals surface area contributed by atoms with Crippen molar-refractivity contribution in [3.05, 3.63) is 64.0 Å². The standard InChI is InChI=1S/C23H22ClNO5S/c1-23(28,12-26)13-30-18-8-7-17(10-19(18)29-2)25-11-15-9-20(31-21(15)22(25)27)14-3-5-16(24)6-4-14/h3-10,26,28H,11-13H2,1-2H3. The maximum atomic E-state index is 13.1. The number of thiophene rings is 1. The number of carbonyl (C=O) groups excluding carboxylic acids is 1. The third kappa shape index (κ3) is 4.41. The Hall–Kier alpha value is -2.58. The maximum absolute atomic E-state index is 13.1. The summed E-state index contributed by atoms with van der Waals surface area (Å²) in [4.78, 5) is 16.5. The lowest BCUT2D eigenvalue weighted by Crippen LogP contribution is -2.36. The Bertz CT molecular complexity index is 1110. The number of nitrogens with zero attached hydrogens (tertiary/aromatic N) is 1. The molecule has 3 aromatic rings. The maximum Gasteiger partial charge on any atom is 0.269 e. The molecule has 2 N–H and O–H groups in total. The highest BCUT2D eigenvalue weighted by molar-refractivity contribution is 7.17. The van der Waals surface area contributed by atoms with Gasteiger partial charge in [-0.05, 0) is 48.4 Å². The van der Waals surface area contributed by atoms with Crippen molar-refractivity contribution >= 4 is 34.5 Å². The number of amides is 1. The quantitative estimate of drug-likeness (QED) is 0.548. The number of hydrogen-bond acceptors (Lipinski definition) is 6. The monoisotopic (exact) mass is 459 g/mol. The van der Waals surface area contributed by atoms with Crippen LogP contribution < -0.4 is 14.4 Å².